The largest absolute Gasteiger partial charge is 0.444 e. The molecular weight excluding hydrogens is 302 g/mol. The van der Waals surface area contributed by atoms with E-state index >= 15 is 0 Å². The minimum atomic E-state index is -0.498. The van der Waals surface area contributed by atoms with Gasteiger partial charge in [-0.05, 0) is 50.7 Å². The number of hydrogen-bond donors (Lipinski definition) is 1. The Morgan fingerprint density at radius 1 is 1.21 bits per heavy atom. The van der Waals surface area contributed by atoms with Crippen molar-refractivity contribution in [3.8, 4) is 0 Å². The first kappa shape index (κ1) is 17.0. The van der Waals surface area contributed by atoms with E-state index in [9.17, 15) is 4.79 Å². The summed E-state index contributed by atoms with van der Waals surface area (Å²) < 4.78 is 11.0. The van der Waals surface area contributed by atoms with Gasteiger partial charge in [0.05, 0.1) is 6.04 Å². The summed E-state index contributed by atoms with van der Waals surface area (Å²) in [5.41, 5.74) is 1.84. The minimum absolute atomic E-state index is 0.0517. The fourth-order valence-corrected chi connectivity index (χ4v) is 3.62. The summed E-state index contributed by atoms with van der Waals surface area (Å²) in [7, 11) is 0. The van der Waals surface area contributed by atoms with Crippen LogP contribution in [0.5, 0.6) is 0 Å². The summed E-state index contributed by atoms with van der Waals surface area (Å²) >= 11 is 0. The normalized spacial score (nSPS) is 24.3. The van der Waals surface area contributed by atoms with Crippen molar-refractivity contribution in [2.75, 3.05) is 13.2 Å². The van der Waals surface area contributed by atoms with Crippen LogP contribution in [0.4, 0.5) is 4.79 Å². The monoisotopic (exact) mass is 329 g/mol. The van der Waals surface area contributed by atoms with Crippen molar-refractivity contribution in [1.29, 1.82) is 0 Å². The molecule has 1 aliphatic heterocycles. The maximum atomic E-state index is 12.4. The number of benzene rings is 1. The molecule has 24 heavy (non-hydrogen) atoms. The standard InChI is InChI=1S/C20H27NO3/c1-20(2,3)24-19(22)21-18-16-7-5-4-6-14(16)8-9-17(18)15-10-12-23-13-11-15/h4-9,15,17-18H,10-13H2,1-3H3,(H,21,22)/t17-,18-/m1/s1. The number of fused-ring (bicyclic) bond motifs is 1. The third-order valence-corrected chi connectivity index (χ3v) is 4.70. The van der Waals surface area contributed by atoms with E-state index in [4.69, 9.17) is 9.47 Å². The number of carbonyl (C=O) groups is 1. The molecule has 1 fully saturated rings. The first-order valence-corrected chi connectivity index (χ1v) is 8.78. The second-order valence-corrected chi connectivity index (χ2v) is 7.64. The molecule has 1 N–H and O–H groups in total. The van der Waals surface area contributed by atoms with Gasteiger partial charge in [0.25, 0.3) is 0 Å². The van der Waals surface area contributed by atoms with Crippen LogP contribution in [0.15, 0.2) is 30.3 Å². The number of rotatable bonds is 2. The van der Waals surface area contributed by atoms with E-state index in [1.54, 1.807) is 0 Å². The third-order valence-electron chi connectivity index (χ3n) is 4.70. The number of alkyl carbamates (subject to hydrolysis) is 1. The van der Waals surface area contributed by atoms with Crippen LogP contribution >= 0.6 is 0 Å². The number of amides is 1. The summed E-state index contributed by atoms with van der Waals surface area (Å²) in [6, 6.07) is 8.21. The van der Waals surface area contributed by atoms with E-state index in [-0.39, 0.29) is 18.1 Å². The molecule has 0 radical (unpaired) electrons. The van der Waals surface area contributed by atoms with Crippen molar-refractivity contribution < 1.29 is 14.3 Å². The van der Waals surface area contributed by atoms with Crippen LogP contribution in [-0.2, 0) is 9.47 Å². The predicted octanol–water partition coefficient (Wildman–Crippen LogP) is 4.32. The number of hydrogen-bond acceptors (Lipinski definition) is 3. The zero-order chi connectivity index (χ0) is 17.2. The van der Waals surface area contributed by atoms with E-state index in [1.807, 2.05) is 32.9 Å². The highest BCUT2D eigenvalue weighted by Gasteiger charge is 2.35. The molecule has 130 valence electrons. The zero-order valence-corrected chi connectivity index (χ0v) is 14.7. The maximum absolute atomic E-state index is 12.4. The van der Waals surface area contributed by atoms with Gasteiger partial charge >= 0.3 is 6.09 Å². The molecule has 2 atom stereocenters. The Balaban J connectivity index is 1.84. The van der Waals surface area contributed by atoms with Crippen LogP contribution in [0.3, 0.4) is 0 Å². The molecule has 1 aliphatic carbocycles. The molecule has 0 bridgehead atoms. The van der Waals surface area contributed by atoms with Gasteiger partial charge < -0.3 is 14.8 Å². The van der Waals surface area contributed by atoms with E-state index in [0.717, 1.165) is 26.1 Å². The smallest absolute Gasteiger partial charge is 0.408 e. The average Bonchev–Trinajstić information content (AvgIpc) is 2.54. The van der Waals surface area contributed by atoms with Crippen LogP contribution in [0.1, 0.15) is 50.8 Å². The zero-order valence-electron chi connectivity index (χ0n) is 14.7. The van der Waals surface area contributed by atoms with Crippen molar-refractivity contribution in [3.63, 3.8) is 0 Å². The predicted molar refractivity (Wildman–Crippen MR) is 94.6 cm³/mol. The second kappa shape index (κ2) is 6.98. The Morgan fingerprint density at radius 3 is 2.62 bits per heavy atom. The van der Waals surface area contributed by atoms with E-state index in [1.165, 1.54) is 11.1 Å². The Labute approximate surface area is 144 Å². The fourth-order valence-electron chi connectivity index (χ4n) is 3.62. The van der Waals surface area contributed by atoms with Gasteiger partial charge in [-0.1, -0.05) is 36.4 Å². The Kier molecular flexibility index (Phi) is 4.95. The highest BCUT2D eigenvalue weighted by Crippen LogP contribution is 2.40. The van der Waals surface area contributed by atoms with Gasteiger partial charge in [-0.3, -0.25) is 0 Å². The maximum Gasteiger partial charge on any atom is 0.408 e. The van der Waals surface area contributed by atoms with Crippen LogP contribution in [-0.4, -0.2) is 24.9 Å². The molecule has 1 aromatic carbocycles. The molecule has 1 saturated heterocycles. The summed E-state index contributed by atoms with van der Waals surface area (Å²) in [6.45, 7) is 7.26. The van der Waals surface area contributed by atoms with Crippen molar-refractivity contribution in [2.24, 2.45) is 11.8 Å². The van der Waals surface area contributed by atoms with Crippen LogP contribution in [0.25, 0.3) is 6.08 Å². The molecular formula is C20H27NO3. The lowest BCUT2D eigenvalue weighted by Crippen LogP contribution is -2.41. The van der Waals surface area contributed by atoms with E-state index in [2.05, 4.69) is 29.6 Å². The first-order chi connectivity index (χ1) is 11.4. The van der Waals surface area contributed by atoms with Gasteiger partial charge in [0.15, 0.2) is 0 Å². The summed E-state index contributed by atoms with van der Waals surface area (Å²) in [5.74, 6) is 0.791. The average molecular weight is 329 g/mol. The highest BCUT2D eigenvalue weighted by molar-refractivity contribution is 5.70. The number of carbonyl (C=O) groups excluding carboxylic acids is 1. The topological polar surface area (TPSA) is 47.6 Å². The van der Waals surface area contributed by atoms with Crippen LogP contribution in [0, 0.1) is 11.8 Å². The lowest BCUT2D eigenvalue weighted by Gasteiger charge is -2.37. The number of ether oxygens (including phenoxy) is 2. The van der Waals surface area contributed by atoms with Gasteiger partial charge in [-0.25, -0.2) is 4.79 Å². The molecule has 0 aromatic heterocycles. The Bertz CT molecular complexity index is 612. The molecule has 4 nitrogen and oxygen atoms in total. The Morgan fingerprint density at radius 2 is 1.92 bits per heavy atom. The molecule has 2 aliphatic rings. The van der Waals surface area contributed by atoms with Crippen molar-refractivity contribution >= 4 is 12.2 Å². The quantitative estimate of drug-likeness (QED) is 0.879. The summed E-state index contributed by atoms with van der Waals surface area (Å²) in [6.07, 6.45) is 6.14. The summed E-state index contributed by atoms with van der Waals surface area (Å²) in [5, 5.41) is 3.13. The second-order valence-electron chi connectivity index (χ2n) is 7.64. The highest BCUT2D eigenvalue weighted by atomic mass is 16.6. The first-order valence-electron chi connectivity index (χ1n) is 8.78. The van der Waals surface area contributed by atoms with Gasteiger partial charge in [0.1, 0.15) is 5.60 Å². The molecule has 1 aromatic rings. The molecule has 0 spiro atoms. The van der Waals surface area contributed by atoms with Crippen molar-refractivity contribution in [2.45, 2.75) is 45.3 Å². The van der Waals surface area contributed by atoms with Gasteiger partial charge in [0.2, 0.25) is 0 Å². The van der Waals surface area contributed by atoms with Crippen LogP contribution in [0.2, 0.25) is 0 Å². The van der Waals surface area contributed by atoms with Crippen molar-refractivity contribution in [1.82, 2.24) is 5.32 Å². The van der Waals surface area contributed by atoms with Crippen LogP contribution < -0.4 is 5.32 Å². The van der Waals surface area contributed by atoms with Crippen molar-refractivity contribution in [3.05, 3.63) is 41.5 Å². The van der Waals surface area contributed by atoms with Gasteiger partial charge in [-0.15, -0.1) is 0 Å². The lowest BCUT2D eigenvalue weighted by atomic mass is 9.75. The fraction of sp³-hybridized carbons (Fsp3) is 0.550. The van der Waals surface area contributed by atoms with E-state index in [0.29, 0.717) is 5.92 Å². The Hall–Kier alpha value is -1.81. The lowest BCUT2D eigenvalue weighted by molar-refractivity contribution is 0.0368. The minimum Gasteiger partial charge on any atom is -0.444 e. The van der Waals surface area contributed by atoms with E-state index < -0.39 is 5.60 Å². The molecule has 1 heterocycles. The molecule has 4 heteroatoms. The summed E-state index contributed by atoms with van der Waals surface area (Å²) in [4.78, 5) is 12.4. The molecule has 1 amide bonds. The van der Waals surface area contributed by atoms with Gasteiger partial charge in [0, 0.05) is 19.1 Å². The SMILES string of the molecule is CC(C)(C)OC(=O)N[C@@H]1c2ccccc2C=C[C@@H]1C1CCOCC1. The van der Waals surface area contributed by atoms with Gasteiger partial charge in [-0.2, -0.15) is 0 Å². The number of nitrogens with one attached hydrogen (secondary N) is 1. The molecule has 3 rings (SSSR count). The molecule has 0 unspecified atom stereocenters. The third kappa shape index (κ3) is 3.99. The molecule has 0 saturated carbocycles.